The number of para-hydroxylation sites is 1. The lowest BCUT2D eigenvalue weighted by atomic mass is 9.98. The molecule has 0 heterocycles. The molecule has 0 spiro atoms. The van der Waals surface area contributed by atoms with Crippen LogP contribution in [-0.4, -0.2) is 26.9 Å². The summed E-state index contributed by atoms with van der Waals surface area (Å²) >= 11 is 0. The van der Waals surface area contributed by atoms with E-state index >= 15 is 0 Å². The van der Waals surface area contributed by atoms with Crippen LogP contribution in [0.2, 0.25) is 0 Å². The SMILES string of the molecule is Cc1cccc(C(C)C)c1NC(=O)CS(=O)Cc1ccc(C(=O)O)cc1. The lowest BCUT2D eigenvalue weighted by Crippen LogP contribution is -2.21. The molecule has 1 atom stereocenters. The molecule has 2 rings (SSSR count). The Kier molecular flexibility index (Phi) is 6.69. The van der Waals surface area contributed by atoms with Crippen LogP contribution in [0, 0.1) is 6.92 Å². The van der Waals surface area contributed by atoms with Gasteiger partial charge in [-0.3, -0.25) is 9.00 Å². The number of aryl methyl sites for hydroxylation is 1. The van der Waals surface area contributed by atoms with Crippen molar-refractivity contribution in [1.82, 2.24) is 0 Å². The van der Waals surface area contributed by atoms with E-state index in [0.29, 0.717) is 0 Å². The molecule has 6 heteroatoms. The zero-order valence-corrected chi connectivity index (χ0v) is 15.9. The monoisotopic (exact) mass is 373 g/mol. The van der Waals surface area contributed by atoms with Gasteiger partial charge in [0, 0.05) is 22.2 Å². The summed E-state index contributed by atoms with van der Waals surface area (Å²) in [6.07, 6.45) is 0. The first-order chi connectivity index (χ1) is 12.3. The second-order valence-electron chi connectivity index (χ2n) is 6.47. The maximum Gasteiger partial charge on any atom is 0.335 e. The Bertz CT molecular complexity index is 828. The third-order valence-corrected chi connectivity index (χ3v) is 5.25. The number of carboxylic acid groups (broad SMARTS) is 1. The number of carbonyl (C=O) groups is 2. The maximum atomic E-state index is 12.3. The lowest BCUT2D eigenvalue weighted by molar-refractivity contribution is -0.113. The summed E-state index contributed by atoms with van der Waals surface area (Å²) < 4.78 is 12.3. The number of carbonyl (C=O) groups excluding carboxylic acids is 1. The molecule has 2 N–H and O–H groups in total. The van der Waals surface area contributed by atoms with Gasteiger partial charge in [0.05, 0.1) is 5.56 Å². The summed E-state index contributed by atoms with van der Waals surface area (Å²) in [5, 5.41) is 11.8. The van der Waals surface area contributed by atoms with Crippen LogP contribution in [0.4, 0.5) is 5.69 Å². The molecule has 2 aromatic rings. The Labute approximate surface area is 155 Å². The Morgan fingerprint density at radius 1 is 1.12 bits per heavy atom. The topological polar surface area (TPSA) is 83.5 Å². The fourth-order valence-electron chi connectivity index (χ4n) is 2.64. The van der Waals surface area contributed by atoms with Crippen molar-refractivity contribution < 1.29 is 18.9 Å². The van der Waals surface area contributed by atoms with Crippen LogP contribution in [0.15, 0.2) is 42.5 Å². The normalized spacial score (nSPS) is 12.0. The quantitative estimate of drug-likeness (QED) is 0.775. The molecular weight excluding hydrogens is 350 g/mol. The molecule has 0 aliphatic heterocycles. The molecular formula is C20H23NO4S. The lowest BCUT2D eigenvalue weighted by Gasteiger charge is -2.16. The van der Waals surface area contributed by atoms with Crippen LogP contribution in [0.5, 0.6) is 0 Å². The molecule has 0 bridgehead atoms. The molecule has 5 nitrogen and oxygen atoms in total. The van der Waals surface area contributed by atoms with Crippen molar-refractivity contribution in [3.63, 3.8) is 0 Å². The van der Waals surface area contributed by atoms with Crippen molar-refractivity contribution in [3.8, 4) is 0 Å². The van der Waals surface area contributed by atoms with Gasteiger partial charge in [-0.05, 0) is 41.7 Å². The summed E-state index contributed by atoms with van der Waals surface area (Å²) in [4.78, 5) is 23.1. The van der Waals surface area contributed by atoms with E-state index in [-0.39, 0.29) is 28.9 Å². The van der Waals surface area contributed by atoms with Gasteiger partial charge in [-0.25, -0.2) is 4.79 Å². The van der Waals surface area contributed by atoms with Crippen LogP contribution in [0.3, 0.4) is 0 Å². The third kappa shape index (κ3) is 5.26. The molecule has 26 heavy (non-hydrogen) atoms. The van der Waals surface area contributed by atoms with E-state index in [1.807, 2.05) is 25.1 Å². The summed E-state index contributed by atoms with van der Waals surface area (Å²) in [5.74, 6) is -0.925. The average molecular weight is 373 g/mol. The van der Waals surface area contributed by atoms with Gasteiger partial charge < -0.3 is 10.4 Å². The highest BCUT2D eigenvalue weighted by molar-refractivity contribution is 7.84. The average Bonchev–Trinajstić information content (AvgIpc) is 2.56. The van der Waals surface area contributed by atoms with Gasteiger partial charge in [0.15, 0.2) is 0 Å². The zero-order chi connectivity index (χ0) is 19.3. The van der Waals surface area contributed by atoms with E-state index in [1.54, 1.807) is 12.1 Å². The van der Waals surface area contributed by atoms with Crippen molar-refractivity contribution in [1.29, 1.82) is 0 Å². The van der Waals surface area contributed by atoms with Gasteiger partial charge in [0.2, 0.25) is 5.91 Å². The van der Waals surface area contributed by atoms with Gasteiger partial charge in [0.1, 0.15) is 5.75 Å². The molecule has 0 aromatic heterocycles. The van der Waals surface area contributed by atoms with Crippen molar-refractivity contribution >= 4 is 28.4 Å². The minimum absolute atomic E-state index is 0.105. The predicted octanol–water partition coefficient (Wildman–Crippen LogP) is 3.70. The summed E-state index contributed by atoms with van der Waals surface area (Å²) in [6.45, 7) is 6.05. The maximum absolute atomic E-state index is 12.3. The van der Waals surface area contributed by atoms with E-state index in [4.69, 9.17) is 5.11 Å². The fraction of sp³-hybridized carbons (Fsp3) is 0.300. The second kappa shape index (κ2) is 8.76. The smallest absolute Gasteiger partial charge is 0.335 e. The Balaban J connectivity index is 2.00. The summed E-state index contributed by atoms with van der Waals surface area (Å²) in [7, 11) is -1.38. The van der Waals surface area contributed by atoms with Crippen LogP contribution < -0.4 is 5.32 Å². The number of benzene rings is 2. The molecule has 0 radical (unpaired) electrons. The molecule has 0 aliphatic carbocycles. The van der Waals surface area contributed by atoms with Crippen LogP contribution >= 0.6 is 0 Å². The third-order valence-electron chi connectivity index (χ3n) is 4.01. The first kappa shape index (κ1) is 19.8. The van der Waals surface area contributed by atoms with Crippen LogP contribution in [0.25, 0.3) is 0 Å². The predicted molar refractivity (Wildman–Crippen MR) is 104 cm³/mol. The highest BCUT2D eigenvalue weighted by atomic mass is 32.2. The highest BCUT2D eigenvalue weighted by Crippen LogP contribution is 2.27. The van der Waals surface area contributed by atoms with Crippen molar-refractivity contribution in [2.24, 2.45) is 0 Å². The zero-order valence-electron chi connectivity index (χ0n) is 15.1. The fourth-order valence-corrected chi connectivity index (χ4v) is 3.68. The van der Waals surface area contributed by atoms with Gasteiger partial charge in [-0.2, -0.15) is 0 Å². The van der Waals surface area contributed by atoms with E-state index in [9.17, 15) is 13.8 Å². The highest BCUT2D eigenvalue weighted by Gasteiger charge is 2.14. The molecule has 0 saturated heterocycles. The van der Waals surface area contributed by atoms with Crippen LogP contribution in [-0.2, 0) is 21.3 Å². The second-order valence-corrected chi connectivity index (χ2v) is 7.93. The molecule has 2 aromatic carbocycles. The Hall–Kier alpha value is -2.47. The van der Waals surface area contributed by atoms with Crippen molar-refractivity contribution in [2.45, 2.75) is 32.4 Å². The van der Waals surface area contributed by atoms with Gasteiger partial charge >= 0.3 is 5.97 Å². The molecule has 1 amide bonds. The minimum atomic E-state index is -1.38. The number of hydrogen-bond donors (Lipinski definition) is 2. The number of aromatic carboxylic acids is 1. The van der Waals surface area contributed by atoms with Crippen molar-refractivity contribution in [2.75, 3.05) is 11.1 Å². The first-order valence-electron chi connectivity index (χ1n) is 8.34. The number of nitrogens with one attached hydrogen (secondary N) is 1. The van der Waals surface area contributed by atoms with E-state index in [0.717, 1.165) is 22.4 Å². The number of rotatable bonds is 7. The number of hydrogen-bond acceptors (Lipinski definition) is 3. The number of carboxylic acids is 1. The standard InChI is InChI=1S/C20H23NO4S/c1-13(2)17-6-4-5-14(3)19(17)21-18(22)12-26(25)11-15-7-9-16(10-8-15)20(23)24/h4-10,13H,11-12H2,1-3H3,(H,21,22)(H,23,24). The largest absolute Gasteiger partial charge is 0.478 e. The van der Waals surface area contributed by atoms with Gasteiger partial charge in [-0.15, -0.1) is 0 Å². The van der Waals surface area contributed by atoms with Gasteiger partial charge in [0.25, 0.3) is 0 Å². The van der Waals surface area contributed by atoms with E-state index < -0.39 is 16.8 Å². The molecule has 1 unspecified atom stereocenters. The molecule has 0 aliphatic rings. The summed E-state index contributed by atoms with van der Waals surface area (Å²) in [5.41, 5.74) is 3.72. The number of anilines is 1. The summed E-state index contributed by atoms with van der Waals surface area (Å²) in [6, 6.07) is 12.1. The molecule has 0 saturated carbocycles. The molecule has 138 valence electrons. The minimum Gasteiger partial charge on any atom is -0.478 e. The molecule has 0 fully saturated rings. The number of amides is 1. The van der Waals surface area contributed by atoms with Crippen LogP contribution in [0.1, 0.15) is 46.8 Å². The Morgan fingerprint density at radius 2 is 1.77 bits per heavy atom. The van der Waals surface area contributed by atoms with Crippen molar-refractivity contribution in [3.05, 3.63) is 64.7 Å². The van der Waals surface area contributed by atoms with Gasteiger partial charge in [-0.1, -0.05) is 44.2 Å². The first-order valence-corrected chi connectivity index (χ1v) is 9.83. The van der Waals surface area contributed by atoms with E-state index in [2.05, 4.69) is 19.2 Å². The van der Waals surface area contributed by atoms with E-state index in [1.165, 1.54) is 12.1 Å². The Morgan fingerprint density at radius 3 is 2.35 bits per heavy atom.